The van der Waals surface area contributed by atoms with Crippen molar-refractivity contribution in [3.05, 3.63) is 65.2 Å². The minimum Gasteiger partial charge on any atom is -0.450 e. The molecule has 0 spiro atoms. The predicted molar refractivity (Wildman–Crippen MR) is 110 cm³/mol. The van der Waals surface area contributed by atoms with Crippen molar-refractivity contribution in [2.75, 3.05) is 26.2 Å². The first-order chi connectivity index (χ1) is 14.1. The van der Waals surface area contributed by atoms with Gasteiger partial charge in [-0.05, 0) is 19.2 Å². The lowest BCUT2D eigenvalue weighted by Gasteiger charge is -2.31. The van der Waals surface area contributed by atoms with Gasteiger partial charge in [0.15, 0.2) is 5.76 Å². The fraction of sp³-hybridized carbons (Fsp3) is 0.304. The molecule has 29 heavy (non-hydrogen) atoms. The maximum absolute atomic E-state index is 13.2. The Bertz CT molecular complexity index is 1200. The minimum atomic E-state index is -0.0147. The van der Waals surface area contributed by atoms with Gasteiger partial charge in [0.1, 0.15) is 23.6 Å². The van der Waals surface area contributed by atoms with Crippen LogP contribution in [0.4, 0.5) is 0 Å². The van der Waals surface area contributed by atoms with E-state index in [9.17, 15) is 4.79 Å². The van der Waals surface area contributed by atoms with Gasteiger partial charge in [-0.15, -0.1) is 0 Å². The van der Waals surface area contributed by atoms with E-state index in [0.717, 1.165) is 58.4 Å². The molecule has 0 unspecified atom stereocenters. The highest BCUT2D eigenvalue weighted by Crippen LogP contribution is 2.32. The lowest BCUT2D eigenvalue weighted by Crippen LogP contribution is -3.13. The summed E-state index contributed by atoms with van der Waals surface area (Å²) in [5.41, 5.74) is 2.69. The van der Waals surface area contributed by atoms with Gasteiger partial charge in [-0.25, -0.2) is 0 Å². The van der Waals surface area contributed by atoms with Gasteiger partial charge in [0.2, 0.25) is 0 Å². The number of rotatable bonds is 3. The van der Waals surface area contributed by atoms with Crippen molar-refractivity contribution in [3.63, 3.8) is 0 Å². The predicted octanol–water partition coefficient (Wildman–Crippen LogP) is 2.73. The Morgan fingerprint density at radius 1 is 1.10 bits per heavy atom. The zero-order chi connectivity index (χ0) is 20.0. The lowest BCUT2D eigenvalue weighted by atomic mass is 10.1. The highest BCUT2D eigenvalue weighted by Gasteiger charge is 2.29. The van der Waals surface area contributed by atoms with Gasteiger partial charge < -0.3 is 18.7 Å². The molecule has 1 saturated heterocycles. The number of hydrogen-bond donors (Lipinski definition) is 1. The zero-order valence-corrected chi connectivity index (χ0v) is 16.7. The molecule has 5 rings (SSSR count). The summed E-state index contributed by atoms with van der Waals surface area (Å²) in [6, 6.07) is 14.2. The summed E-state index contributed by atoms with van der Waals surface area (Å²) in [7, 11) is 0. The maximum atomic E-state index is 13.2. The molecule has 6 heteroatoms. The molecule has 1 amide bonds. The SMILES string of the molecule is Cc1cc(C[NH+]2CCN(C(=O)c3oc4c(ccc5ccccc54)c3C)CC2)no1. The second-order valence-electron chi connectivity index (χ2n) is 7.87. The third-order valence-electron chi connectivity index (χ3n) is 5.89. The van der Waals surface area contributed by atoms with E-state index >= 15 is 0 Å². The van der Waals surface area contributed by atoms with E-state index in [0.29, 0.717) is 18.8 Å². The Kier molecular flexibility index (Phi) is 4.36. The quantitative estimate of drug-likeness (QED) is 0.584. The van der Waals surface area contributed by atoms with Crippen LogP contribution in [0.15, 0.2) is 51.4 Å². The van der Waals surface area contributed by atoms with E-state index in [-0.39, 0.29) is 5.91 Å². The molecular formula is C23H24N3O3+. The molecule has 1 aliphatic rings. The van der Waals surface area contributed by atoms with Crippen LogP contribution < -0.4 is 4.90 Å². The van der Waals surface area contributed by atoms with Crippen molar-refractivity contribution < 1.29 is 18.6 Å². The maximum Gasteiger partial charge on any atom is 0.290 e. The number of amides is 1. The van der Waals surface area contributed by atoms with Crippen LogP contribution in [0.5, 0.6) is 0 Å². The average Bonchev–Trinajstić information content (AvgIpc) is 3.31. The molecule has 1 fully saturated rings. The van der Waals surface area contributed by atoms with E-state index in [1.165, 1.54) is 4.90 Å². The fourth-order valence-electron chi connectivity index (χ4n) is 4.26. The third-order valence-corrected chi connectivity index (χ3v) is 5.89. The fourth-order valence-corrected chi connectivity index (χ4v) is 4.26. The molecular weight excluding hydrogens is 366 g/mol. The van der Waals surface area contributed by atoms with Crippen LogP contribution in [-0.4, -0.2) is 42.1 Å². The van der Waals surface area contributed by atoms with Crippen LogP contribution in [0.3, 0.4) is 0 Å². The van der Waals surface area contributed by atoms with Gasteiger partial charge in [0, 0.05) is 22.4 Å². The number of aryl methyl sites for hydroxylation is 2. The van der Waals surface area contributed by atoms with Gasteiger partial charge in [0.05, 0.1) is 26.2 Å². The van der Waals surface area contributed by atoms with Crippen molar-refractivity contribution in [1.29, 1.82) is 0 Å². The van der Waals surface area contributed by atoms with Crippen LogP contribution in [-0.2, 0) is 6.54 Å². The first-order valence-electron chi connectivity index (χ1n) is 10.1. The van der Waals surface area contributed by atoms with E-state index in [1.54, 1.807) is 0 Å². The second-order valence-corrected chi connectivity index (χ2v) is 7.87. The molecule has 0 bridgehead atoms. The van der Waals surface area contributed by atoms with E-state index in [2.05, 4.69) is 23.4 Å². The van der Waals surface area contributed by atoms with Crippen molar-refractivity contribution >= 4 is 27.6 Å². The van der Waals surface area contributed by atoms with Crippen LogP contribution in [0.25, 0.3) is 21.7 Å². The van der Waals surface area contributed by atoms with Crippen LogP contribution in [0.1, 0.15) is 27.6 Å². The molecule has 0 radical (unpaired) electrons. The molecule has 0 saturated carbocycles. The number of quaternary nitrogens is 1. The standard InChI is InChI=1S/C23H23N3O3/c1-15-13-18(24-29-15)14-25-9-11-26(12-10-25)23(27)21-16(2)19-8-7-17-5-3-4-6-20(17)22(19)28-21/h3-8,13H,9-12,14H2,1-2H3/p+1. The van der Waals surface area contributed by atoms with Crippen molar-refractivity contribution in [2.24, 2.45) is 0 Å². The van der Waals surface area contributed by atoms with Gasteiger partial charge >= 0.3 is 0 Å². The first-order valence-corrected chi connectivity index (χ1v) is 10.1. The Balaban J connectivity index is 1.35. The van der Waals surface area contributed by atoms with E-state index < -0.39 is 0 Å². The summed E-state index contributed by atoms with van der Waals surface area (Å²) >= 11 is 0. The molecule has 2 aromatic heterocycles. The number of fused-ring (bicyclic) bond motifs is 3. The number of furan rings is 1. The topological polar surface area (TPSA) is 63.9 Å². The Morgan fingerprint density at radius 2 is 1.90 bits per heavy atom. The molecule has 6 nitrogen and oxygen atoms in total. The van der Waals surface area contributed by atoms with Crippen LogP contribution in [0.2, 0.25) is 0 Å². The summed E-state index contributed by atoms with van der Waals surface area (Å²) < 4.78 is 11.3. The normalized spacial score (nSPS) is 15.4. The highest BCUT2D eigenvalue weighted by atomic mass is 16.5. The molecule has 4 aromatic rings. The molecule has 0 atom stereocenters. The number of hydrogen-bond acceptors (Lipinski definition) is 4. The number of aromatic nitrogens is 1. The summed E-state index contributed by atoms with van der Waals surface area (Å²) in [4.78, 5) is 16.5. The van der Waals surface area contributed by atoms with Crippen molar-refractivity contribution in [2.45, 2.75) is 20.4 Å². The Morgan fingerprint density at radius 3 is 2.66 bits per heavy atom. The number of benzene rings is 2. The number of piperazine rings is 1. The molecule has 2 aromatic carbocycles. The highest BCUT2D eigenvalue weighted by molar-refractivity contribution is 6.08. The lowest BCUT2D eigenvalue weighted by molar-refractivity contribution is -0.917. The van der Waals surface area contributed by atoms with Gasteiger partial charge in [0.25, 0.3) is 5.91 Å². The van der Waals surface area contributed by atoms with Gasteiger partial charge in [-0.3, -0.25) is 4.79 Å². The zero-order valence-electron chi connectivity index (χ0n) is 16.7. The molecule has 3 heterocycles. The van der Waals surface area contributed by atoms with Gasteiger partial charge in [-0.2, -0.15) is 0 Å². The minimum absolute atomic E-state index is 0.0147. The van der Waals surface area contributed by atoms with Crippen molar-refractivity contribution in [3.8, 4) is 0 Å². The van der Waals surface area contributed by atoms with Crippen LogP contribution in [0, 0.1) is 13.8 Å². The average molecular weight is 390 g/mol. The molecule has 0 aliphatic carbocycles. The summed E-state index contributed by atoms with van der Waals surface area (Å²) in [5, 5.41) is 7.26. The molecule has 1 aliphatic heterocycles. The number of carbonyl (C=O) groups excluding carboxylic acids is 1. The summed E-state index contributed by atoms with van der Waals surface area (Å²) in [5.74, 6) is 1.28. The Hall–Kier alpha value is -3.12. The van der Waals surface area contributed by atoms with E-state index in [1.807, 2.05) is 43.0 Å². The first kappa shape index (κ1) is 17.9. The van der Waals surface area contributed by atoms with E-state index in [4.69, 9.17) is 8.94 Å². The summed E-state index contributed by atoms with van der Waals surface area (Å²) in [6.07, 6.45) is 0. The summed E-state index contributed by atoms with van der Waals surface area (Å²) in [6.45, 7) is 7.91. The second kappa shape index (κ2) is 7.04. The van der Waals surface area contributed by atoms with Gasteiger partial charge in [-0.1, -0.05) is 41.6 Å². The number of nitrogens with one attached hydrogen (secondary N) is 1. The number of carbonyl (C=O) groups is 1. The monoisotopic (exact) mass is 390 g/mol. The number of nitrogens with zero attached hydrogens (tertiary/aromatic N) is 2. The van der Waals surface area contributed by atoms with Crippen LogP contribution >= 0.6 is 0 Å². The molecule has 1 N–H and O–H groups in total. The Labute approximate surface area is 168 Å². The smallest absolute Gasteiger partial charge is 0.290 e. The largest absolute Gasteiger partial charge is 0.450 e. The molecule has 148 valence electrons. The third kappa shape index (κ3) is 3.19. The van der Waals surface area contributed by atoms with Crippen molar-refractivity contribution in [1.82, 2.24) is 10.1 Å².